The molecular weight excluding hydrogens is 210 g/mol. The maximum Gasteiger partial charge on any atom is 0.0586 e. The second-order valence-corrected chi connectivity index (χ2v) is 4.57. The first-order chi connectivity index (χ1) is 7.27. The van der Waals surface area contributed by atoms with Crippen LogP contribution < -0.4 is 5.32 Å². The Morgan fingerprint density at radius 1 is 1.47 bits per heavy atom. The molecule has 0 radical (unpaired) electrons. The third-order valence-electron chi connectivity index (χ3n) is 3.05. The highest BCUT2D eigenvalue weighted by Gasteiger charge is 2.39. The van der Waals surface area contributed by atoms with E-state index < -0.39 is 0 Å². The van der Waals surface area contributed by atoms with Crippen molar-refractivity contribution in [3.8, 4) is 0 Å². The van der Waals surface area contributed by atoms with Gasteiger partial charge in [0.05, 0.1) is 13.2 Å². The van der Waals surface area contributed by atoms with Gasteiger partial charge in [0.15, 0.2) is 0 Å². The molecule has 1 heterocycles. The molecule has 0 amide bonds. The lowest BCUT2D eigenvalue weighted by molar-refractivity contribution is -0.0638. The van der Waals surface area contributed by atoms with Crippen LogP contribution in [-0.2, 0) is 10.2 Å². The molecule has 0 atom stereocenters. The van der Waals surface area contributed by atoms with Crippen LogP contribution in [0.2, 0.25) is 5.02 Å². The molecule has 82 valence electrons. The van der Waals surface area contributed by atoms with Crippen LogP contribution in [-0.4, -0.2) is 26.8 Å². The van der Waals surface area contributed by atoms with Crippen LogP contribution in [0.4, 0.5) is 0 Å². The third kappa shape index (κ3) is 2.17. The van der Waals surface area contributed by atoms with Crippen LogP contribution in [0.1, 0.15) is 12.0 Å². The van der Waals surface area contributed by atoms with E-state index in [2.05, 4.69) is 17.4 Å². The summed E-state index contributed by atoms with van der Waals surface area (Å²) in [6.07, 6.45) is 1.10. The van der Waals surface area contributed by atoms with Crippen LogP contribution in [0.25, 0.3) is 0 Å². The molecule has 0 aromatic heterocycles. The van der Waals surface area contributed by atoms with E-state index in [1.807, 2.05) is 19.2 Å². The summed E-state index contributed by atoms with van der Waals surface area (Å²) in [7, 11) is 1.98. The first-order valence-electron chi connectivity index (χ1n) is 5.25. The summed E-state index contributed by atoms with van der Waals surface area (Å²) in [6, 6.07) is 8.12. The van der Waals surface area contributed by atoms with Gasteiger partial charge in [0.2, 0.25) is 0 Å². The molecule has 2 nitrogen and oxygen atoms in total. The minimum absolute atomic E-state index is 0.188. The minimum Gasteiger partial charge on any atom is -0.379 e. The van der Waals surface area contributed by atoms with Crippen molar-refractivity contribution in [1.82, 2.24) is 5.32 Å². The average Bonchev–Trinajstić information content (AvgIpc) is 2.16. The molecule has 15 heavy (non-hydrogen) atoms. The fourth-order valence-electron chi connectivity index (χ4n) is 1.99. The zero-order valence-corrected chi connectivity index (χ0v) is 9.68. The van der Waals surface area contributed by atoms with Crippen molar-refractivity contribution >= 4 is 11.6 Å². The molecule has 2 rings (SSSR count). The average molecular weight is 226 g/mol. The Labute approximate surface area is 95.6 Å². The van der Waals surface area contributed by atoms with E-state index in [1.165, 1.54) is 5.56 Å². The van der Waals surface area contributed by atoms with Gasteiger partial charge >= 0.3 is 0 Å². The normalized spacial score (nSPS) is 18.5. The predicted molar refractivity (Wildman–Crippen MR) is 62.5 cm³/mol. The summed E-state index contributed by atoms with van der Waals surface area (Å²) in [6.45, 7) is 2.64. The lowest BCUT2D eigenvalue weighted by atomic mass is 9.76. The largest absolute Gasteiger partial charge is 0.379 e. The Morgan fingerprint density at radius 3 is 2.80 bits per heavy atom. The maximum atomic E-state index is 6.01. The van der Waals surface area contributed by atoms with E-state index in [4.69, 9.17) is 16.3 Å². The van der Waals surface area contributed by atoms with Crippen LogP contribution in [0.5, 0.6) is 0 Å². The SMILES string of the molecule is CNCCC1(c2cccc(Cl)c2)COC1. The van der Waals surface area contributed by atoms with Crippen molar-refractivity contribution in [2.75, 3.05) is 26.8 Å². The van der Waals surface area contributed by atoms with E-state index in [-0.39, 0.29) is 5.41 Å². The van der Waals surface area contributed by atoms with Crippen LogP contribution in [0, 0.1) is 0 Å². The van der Waals surface area contributed by atoms with E-state index in [1.54, 1.807) is 0 Å². The van der Waals surface area contributed by atoms with Crippen molar-refractivity contribution in [2.24, 2.45) is 0 Å². The van der Waals surface area contributed by atoms with Crippen molar-refractivity contribution in [2.45, 2.75) is 11.8 Å². The van der Waals surface area contributed by atoms with Crippen LogP contribution in [0.15, 0.2) is 24.3 Å². The molecule has 0 spiro atoms. The van der Waals surface area contributed by atoms with Gasteiger partial charge in [0.25, 0.3) is 0 Å². The Hall–Kier alpha value is -0.570. The number of hydrogen-bond acceptors (Lipinski definition) is 2. The fraction of sp³-hybridized carbons (Fsp3) is 0.500. The smallest absolute Gasteiger partial charge is 0.0586 e. The molecule has 3 heteroatoms. The topological polar surface area (TPSA) is 21.3 Å². The lowest BCUT2D eigenvalue weighted by Crippen LogP contribution is -2.48. The zero-order valence-electron chi connectivity index (χ0n) is 8.92. The van der Waals surface area contributed by atoms with Gasteiger partial charge in [-0.2, -0.15) is 0 Å². The zero-order chi connectivity index (χ0) is 10.7. The van der Waals surface area contributed by atoms with Gasteiger partial charge in [0.1, 0.15) is 0 Å². The van der Waals surface area contributed by atoms with Gasteiger partial charge in [-0.05, 0) is 37.7 Å². The summed E-state index contributed by atoms with van der Waals surface area (Å²) in [4.78, 5) is 0. The van der Waals surface area contributed by atoms with Gasteiger partial charge in [-0.1, -0.05) is 23.7 Å². The number of nitrogens with one attached hydrogen (secondary N) is 1. The highest BCUT2D eigenvalue weighted by molar-refractivity contribution is 6.30. The summed E-state index contributed by atoms with van der Waals surface area (Å²) in [5, 5.41) is 4.00. The van der Waals surface area contributed by atoms with Gasteiger partial charge in [-0.25, -0.2) is 0 Å². The molecule has 0 unspecified atom stereocenters. The standard InChI is InChI=1S/C12H16ClNO/c1-14-6-5-12(8-15-9-12)10-3-2-4-11(13)7-10/h2-4,7,14H,5-6,8-9H2,1H3. The molecule has 1 fully saturated rings. The molecule has 1 aliphatic rings. The quantitative estimate of drug-likeness (QED) is 0.849. The fourth-order valence-corrected chi connectivity index (χ4v) is 2.18. The highest BCUT2D eigenvalue weighted by Crippen LogP contribution is 2.36. The van der Waals surface area contributed by atoms with Crippen LogP contribution in [0.3, 0.4) is 0 Å². The second-order valence-electron chi connectivity index (χ2n) is 4.14. The first-order valence-corrected chi connectivity index (χ1v) is 5.63. The predicted octanol–water partition coefficient (Wildman–Crippen LogP) is 2.22. The summed E-state index contributed by atoms with van der Waals surface area (Å²) in [5.41, 5.74) is 1.49. The highest BCUT2D eigenvalue weighted by atomic mass is 35.5. The first kappa shape index (κ1) is 10.9. The number of halogens is 1. The van der Waals surface area contributed by atoms with E-state index in [9.17, 15) is 0 Å². The van der Waals surface area contributed by atoms with Crippen molar-refractivity contribution in [3.63, 3.8) is 0 Å². The number of hydrogen-bond donors (Lipinski definition) is 1. The molecule has 0 saturated carbocycles. The van der Waals surface area contributed by atoms with Gasteiger partial charge in [0, 0.05) is 10.4 Å². The summed E-state index contributed by atoms with van der Waals surface area (Å²) < 4.78 is 5.36. The summed E-state index contributed by atoms with van der Waals surface area (Å²) >= 11 is 6.01. The number of rotatable bonds is 4. The molecular formula is C12H16ClNO. The van der Waals surface area contributed by atoms with Crippen molar-refractivity contribution in [3.05, 3.63) is 34.9 Å². The number of ether oxygens (including phenoxy) is 1. The molecule has 1 aliphatic heterocycles. The maximum absolute atomic E-state index is 6.01. The molecule has 1 saturated heterocycles. The van der Waals surface area contributed by atoms with Crippen molar-refractivity contribution < 1.29 is 4.74 Å². The minimum atomic E-state index is 0.188. The van der Waals surface area contributed by atoms with Gasteiger partial charge in [-0.15, -0.1) is 0 Å². The Kier molecular flexibility index (Phi) is 3.29. The molecule has 1 aromatic rings. The lowest BCUT2D eigenvalue weighted by Gasteiger charge is -2.42. The summed E-state index contributed by atoms with van der Waals surface area (Å²) in [5.74, 6) is 0. The van der Waals surface area contributed by atoms with Gasteiger partial charge < -0.3 is 10.1 Å². The van der Waals surface area contributed by atoms with Crippen LogP contribution >= 0.6 is 11.6 Å². The number of benzene rings is 1. The molecule has 0 bridgehead atoms. The Balaban J connectivity index is 2.18. The van der Waals surface area contributed by atoms with E-state index in [0.29, 0.717) is 0 Å². The van der Waals surface area contributed by atoms with E-state index in [0.717, 1.165) is 31.2 Å². The third-order valence-corrected chi connectivity index (χ3v) is 3.28. The molecule has 0 aliphatic carbocycles. The molecule has 1 aromatic carbocycles. The Morgan fingerprint density at radius 2 is 2.27 bits per heavy atom. The Bertz CT molecular complexity index is 336. The molecule has 1 N–H and O–H groups in total. The second kappa shape index (κ2) is 4.52. The monoisotopic (exact) mass is 225 g/mol. The van der Waals surface area contributed by atoms with Gasteiger partial charge in [-0.3, -0.25) is 0 Å². The van der Waals surface area contributed by atoms with E-state index >= 15 is 0 Å². The van der Waals surface area contributed by atoms with Crippen molar-refractivity contribution in [1.29, 1.82) is 0 Å².